The number of ether oxygens (including phenoxy) is 5. The first-order chi connectivity index (χ1) is 13.0. The van der Waals surface area contributed by atoms with Crippen LogP contribution in [0, 0.1) is 0 Å². The molecular formula is C20H31NO6. The molecule has 1 aromatic carbocycles. The van der Waals surface area contributed by atoms with Crippen LogP contribution in [-0.4, -0.2) is 63.7 Å². The van der Waals surface area contributed by atoms with Crippen molar-refractivity contribution in [2.75, 3.05) is 47.1 Å². The summed E-state index contributed by atoms with van der Waals surface area (Å²) in [5, 5.41) is 0. The number of nitrogens with zero attached hydrogens (tertiary/aromatic N) is 1. The molecule has 0 spiro atoms. The predicted octanol–water partition coefficient (Wildman–Crippen LogP) is 3.11. The number of benzene rings is 1. The summed E-state index contributed by atoms with van der Waals surface area (Å²) in [6, 6.07) is 3.46. The number of hydrogen-bond acceptors (Lipinski definition) is 6. The van der Waals surface area contributed by atoms with Gasteiger partial charge in [0.1, 0.15) is 0 Å². The summed E-state index contributed by atoms with van der Waals surface area (Å²) in [5.74, 6) is 0.903. The Morgan fingerprint density at radius 1 is 0.926 bits per heavy atom. The van der Waals surface area contributed by atoms with Gasteiger partial charge in [-0.25, -0.2) is 0 Å². The topological polar surface area (TPSA) is 66.5 Å². The second kappa shape index (κ2) is 9.80. The Morgan fingerprint density at radius 3 is 1.81 bits per heavy atom. The largest absolute Gasteiger partial charge is 0.490 e. The summed E-state index contributed by atoms with van der Waals surface area (Å²) < 4.78 is 28.1. The van der Waals surface area contributed by atoms with Gasteiger partial charge in [0, 0.05) is 45.7 Å². The third-order valence-corrected chi connectivity index (χ3v) is 4.71. The third-order valence-electron chi connectivity index (χ3n) is 4.71. The van der Waals surface area contributed by atoms with E-state index in [1.54, 1.807) is 31.3 Å². The van der Waals surface area contributed by atoms with Gasteiger partial charge in [-0.1, -0.05) is 0 Å². The SMILES string of the molecule is CCOc1cc(C(=O)N2CCC(OC)(OC)CC2)cc(OCC)c1OCC. The molecule has 1 aliphatic heterocycles. The molecule has 1 saturated heterocycles. The van der Waals surface area contributed by atoms with Crippen molar-refractivity contribution in [2.24, 2.45) is 0 Å². The van der Waals surface area contributed by atoms with Crippen molar-refractivity contribution < 1.29 is 28.5 Å². The number of hydrogen-bond donors (Lipinski definition) is 0. The average molecular weight is 381 g/mol. The van der Waals surface area contributed by atoms with Crippen LogP contribution in [0.25, 0.3) is 0 Å². The van der Waals surface area contributed by atoms with E-state index in [2.05, 4.69) is 0 Å². The van der Waals surface area contributed by atoms with Crippen LogP contribution in [0.4, 0.5) is 0 Å². The van der Waals surface area contributed by atoms with Gasteiger partial charge >= 0.3 is 0 Å². The minimum Gasteiger partial charge on any atom is -0.490 e. The van der Waals surface area contributed by atoms with Gasteiger partial charge in [-0.2, -0.15) is 0 Å². The van der Waals surface area contributed by atoms with Crippen LogP contribution < -0.4 is 14.2 Å². The summed E-state index contributed by atoms with van der Waals surface area (Å²) in [6.45, 7) is 8.22. The zero-order valence-electron chi connectivity index (χ0n) is 17.0. The van der Waals surface area contributed by atoms with Gasteiger partial charge in [0.25, 0.3) is 5.91 Å². The molecule has 152 valence electrons. The van der Waals surface area contributed by atoms with E-state index in [1.807, 2.05) is 20.8 Å². The van der Waals surface area contributed by atoms with E-state index < -0.39 is 5.79 Å². The lowest BCUT2D eigenvalue weighted by molar-refractivity contribution is -0.226. The molecule has 1 aliphatic rings. The van der Waals surface area contributed by atoms with E-state index in [4.69, 9.17) is 23.7 Å². The Balaban J connectivity index is 2.27. The zero-order chi connectivity index (χ0) is 19.9. The molecule has 1 heterocycles. The maximum atomic E-state index is 13.1. The summed E-state index contributed by atoms with van der Waals surface area (Å²) in [6.07, 6.45) is 1.25. The lowest BCUT2D eigenvalue weighted by Gasteiger charge is -2.39. The monoisotopic (exact) mass is 381 g/mol. The number of likely N-dealkylation sites (tertiary alicyclic amines) is 1. The molecular weight excluding hydrogens is 350 g/mol. The van der Waals surface area contributed by atoms with Gasteiger partial charge in [-0.05, 0) is 32.9 Å². The summed E-state index contributed by atoms with van der Waals surface area (Å²) in [5.41, 5.74) is 0.521. The predicted molar refractivity (Wildman–Crippen MR) is 102 cm³/mol. The molecule has 0 aromatic heterocycles. The van der Waals surface area contributed by atoms with Gasteiger partial charge < -0.3 is 28.6 Å². The molecule has 1 aromatic rings. The summed E-state index contributed by atoms with van der Waals surface area (Å²) in [7, 11) is 3.27. The molecule has 0 unspecified atom stereocenters. The number of amides is 1. The van der Waals surface area contributed by atoms with Crippen LogP contribution in [0.3, 0.4) is 0 Å². The minimum atomic E-state index is -0.609. The van der Waals surface area contributed by atoms with Gasteiger partial charge in [0.05, 0.1) is 19.8 Å². The Kier molecular flexibility index (Phi) is 7.74. The van der Waals surface area contributed by atoms with E-state index in [0.29, 0.717) is 68.6 Å². The van der Waals surface area contributed by atoms with E-state index >= 15 is 0 Å². The minimum absolute atomic E-state index is 0.0687. The third kappa shape index (κ3) is 4.84. The molecule has 7 heteroatoms. The first kappa shape index (κ1) is 21.3. The second-order valence-corrected chi connectivity index (χ2v) is 6.21. The summed E-state index contributed by atoms with van der Waals surface area (Å²) in [4.78, 5) is 14.9. The normalized spacial score (nSPS) is 16.1. The van der Waals surface area contributed by atoms with Crippen LogP contribution in [0.5, 0.6) is 17.2 Å². The molecule has 0 atom stereocenters. The smallest absolute Gasteiger partial charge is 0.254 e. The molecule has 1 fully saturated rings. The molecule has 2 rings (SSSR count). The number of rotatable bonds is 9. The molecule has 1 amide bonds. The number of methoxy groups -OCH3 is 2. The standard InChI is InChI=1S/C20H31NO6/c1-6-25-16-13-15(14-17(26-7-2)18(16)27-8-3)19(22)21-11-9-20(23-4,24-5)10-12-21/h13-14H,6-12H2,1-5H3. The molecule has 27 heavy (non-hydrogen) atoms. The number of piperidine rings is 1. The highest BCUT2D eigenvalue weighted by Crippen LogP contribution is 2.39. The van der Waals surface area contributed by atoms with E-state index in [9.17, 15) is 4.79 Å². The van der Waals surface area contributed by atoms with Crippen molar-refractivity contribution in [3.8, 4) is 17.2 Å². The van der Waals surface area contributed by atoms with Crippen molar-refractivity contribution >= 4 is 5.91 Å². The highest BCUT2D eigenvalue weighted by Gasteiger charge is 2.36. The Morgan fingerprint density at radius 2 is 1.41 bits per heavy atom. The first-order valence-electron chi connectivity index (χ1n) is 9.50. The van der Waals surface area contributed by atoms with Gasteiger partial charge in [-0.3, -0.25) is 4.79 Å². The molecule has 7 nitrogen and oxygen atoms in total. The zero-order valence-corrected chi connectivity index (χ0v) is 17.0. The Labute approximate surface area is 161 Å². The fraction of sp³-hybridized carbons (Fsp3) is 0.650. The lowest BCUT2D eigenvalue weighted by Crippen LogP contribution is -2.48. The molecule has 0 N–H and O–H groups in total. The van der Waals surface area contributed by atoms with E-state index in [1.165, 1.54) is 0 Å². The quantitative estimate of drug-likeness (QED) is 0.613. The van der Waals surface area contributed by atoms with Crippen molar-refractivity contribution in [2.45, 2.75) is 39.4 Å². The molecule has 0 aliphatic carbocycles. The van der Waals surface area contributed by atoms with Crippen molar-refractivity contribution in [1.29, 1.82) is 0 Å². The van der Waals surface area contributed by atoms with Gasteiger partial charge in [0.2, 0.25) is 5.75 Å². The van der Waals surface area contributed by atoms with Crippen LogP contribution in [0.2, 0.25) is 0 Å². The van der Waals surface area contributed by atoms with Crippen LogP contribution in [0.15, 0.2) is 12.1 Å². The Bertz CT molecular complexity index is 592. The molecule has 0 saturated carbocycles. The number of carbonyl (C=O) groups is 1. The lowest BCUT2D eigenvalue weighted by atomic mass is 10.0. The second-order valence-electron chi connectivity index (χ2n) is 6.21. The van der Waals surface area contributed by atoms with Crippen molar-refractivity contribution in [1.82, 2.24) is 4.90 Å². The Hall–Kier alpha value is -1.99. The number of carbonyl (C=O) groups excluding carboxylic acids is 1. The highest BCUT2D eigenvalue weighted by atomic mass is 16.7. The van der Waals surface area contributed by atoms with Gasteiger partial charge in [-0.15, -0.1) is 0 Å². The fourth-order valence-electron chi connectivity index (χ4n) is 3.24. The van der Waals surface area contributed by atoms with Crippen LogP contribution >= 0.6 is 0 Å². The van der Waals surface area contributed by atoms with Crippen molar-refractivity contribution in [3.63, 3.8) is 0 Å². The first-order valence-corrected chi connectivity index (χ1v) is 9.50. The van der Waals surface area contributed by atoms with E-state index in [-0.39, 0.29) is 5.91 Å². The maximum absolute atomic E-state index is 13.1. The van der Waals surface area contributed by atoms with E-state index in [0.717, 1.165) is 0 Å². The van der Waals surface area contributed by atoms with Gasteiger partial charge in [0.15, 0.2) is 17.3 Å². The average Bonchev–Trinajstić information content (AvgIpc) is 2.70. The fourth-order valence-corrected chi connectivity index (χ4v) is 3.24. The van der Waals surface area contributed by atoms with Crippen LogP contribution in [0.1, 0.15) is 44.0 Å². The highest BCUT2D eigenvalue weighted by molar-refractivity contribution is 5.95. The molecule has 0 radical (unpaired) electrons. The van der Waals surface area contributed by atoms with Crippen molar-refractivity contribution in [3.05, 3.63) is 17.7 Å². The maximum Gasteiger partial charge on any atom is 0.254 e. The summed E-state index contributed by atoms with van der Waals surface area (Å²) >= 11 is 0. The van der Waals surface area contributed by atoms with Crippen LogP contribution in [-0.2, 0) is 9.47 Å². The molecule has 0 bridgehead atoms.